The number of aryl methyl sites for hydroxylation is 1. The van der Waals surface area contributed by atoms with E-state index in [4.69, 9.17) is 11.6 Å². The minimum atomic E-state index is -0.337. The van der Waals surface area contributed by atoms with Gasteiger partial charge in [-0.15, -0.1) is 11.6 Å². The zero-order valence-electron chi connectivity index (χ0n) is 9.74. The first-order chi connectivity index (χ1) is 7.47. The molecule has 0 radical (unpaired) electrons. The van der Waals surface area contributed by atoms with E-state index in [9.17, 15) is 10.1 Å². The molecule has 2 atom stereocenters. The van der Waals surface area contributed by atoms with Crippen LogP contribution in [0.25, 0.3) is 0 Å². The van der Waals surface area contributed by atoms with Gasteiger partial charge in [0.2, 0.25) is 0 Å². The standard InChI is InChI=1S/C12H16ClNO2/c1-4-10(9(3)13)11-7-8(2)5-6-12(11)14(15)16/h5-7,9-10H,4H2,1-3H3. The highest BCUT2D eigenvalue weighted by Gasteiger charge is 2.24. The normalized spacial score (nSPS) is 14.5. The topological polar surface area (TPSA) is 43.1 Å². The van der Waals surface area contributed by atoms with Crippen LogP contribution in [0.3, 0.4) is 0 Å². The number of halogens is 1. The van der Waals surface area contributed by atoms with Gasteiger partial charge in [0.1, 0.15) is 0 Å². The Bertz CT molecular complexity index is 391. The van der Waals surface area contributed by atoms with Crippen molar-refractivity contribution in [1.82, 2.24) is 0 Å². The predicted octanol–water partition coefficient (Wildman–Crippen LogP) is 4.02. The van der Waals surface area contributed by atoms with Crippen LogP contribution in [0.15, 0.2) is 18.2 Å². The van der Waals surface area contributed by atoms with Gasteiger partial charge in [0.15, 0.2) is 0 Å². The number of nitrogens with zero attached hydrogens (tertiary/aromatic N) is 1. The number of nitro benzene ring substituents is 1. The summed E-state index contributed by atoms with van der Waals surface area (Å²) in [5.74, 6) is 0.0296. The quantitative estimate of drug-likeness (QED) is 0.454. The summed E-state index contributed by atoms with van der Waals surface area (Å²) in [5.41, 5.74) is 1.94. The monoisotopic (exact) mass is 241 g/mol. The van der Waals surface area contributed by atoms with Gasteiger partial charge in [-0.2, -0.15) is 0 Å². The first-order valence-electron chi connectivity index (χ1n) is 5.36. The molecule has 3 nitrogen and oxygen atoms in total. The fraction of sp³-hybridized carbons (Fsp3) is 0.500. The average molecular weight is 242 g/mol. The van der Waals surface area contributed by atoms with Crippen molar-refractivity contribution in [1.29, 1.82) is 0 Å². The zero-order chi connectivity index (χ0) is 12.3. The second kappa shape index (κ2) is 5.30. The fourth-order valence-electron chi connectivity index (χ4n) is 1.93. The Balaban J connectivity index is 3.27. The van der Waals surface area contributed by atoms with Crippen LogP contribution in [0, 0.1) is 17.0 Å². The van der Waals surface area contributed by atoms with Gasteiger partial charge >= 0.3 is 0 Å². The largest absolute Gasteiger partial charge is 0.272 e. The lowest BCUT2D eigenvalue weighted by molar-refractivity contribution is -0.385. The van der Waals surface area contributed by atoms with Crippen molar-refractivity contribution in [3.8, 4) is 0 Å². The van der Waals surface area contributed by atoms with Crippen molar-refractivity contribution in [3.63, 3.8) is 0 Å². The summed E-state index contributed by atoms with van der Waals surface area (Å²) in [5, 5.41) is 10.8. The summed E-state index contributed by atoms with van der Waals surface area (Å²) in [6, 6.07) is 5.19. The Hall–Kier alpha value is -1.09. The zero-order valence-corrected chi connectivity index (χ0v) is 10.5. The molecule has 0 amide bonds. The van der Waals surface area contributed by atoms with E-state index in [-0.39, 0.29) is 21.9 Å². The number of benzene rings is 1. The molecule has 0 spiro atoms. The van der Waals surface area contributed by atoms with Gasteiger partial charge in [-0.25, -0.2) is 0 Å². The van der Waals surface area contributed by atoms with E-state index < -0.39 is 0 Å². The smallest absolute Gasteiger partial charge is 0.258 e. The molecule has 0 heterocycles. The molecule has 4 heteroatoms. The van der Waals surface area contributed by atoms with Gasteiger partial charge in [0.05, 0.1) is 4.92 Å². The number of hydrogen-bond donors (Lipinski definition) is 0. The van der Waals surface area contributed by atoms with E-state index in [2.05, 4.69) is 0 Å². The minimum absolute atomic E-state index is 0.0296. The van der Waals surface area contributed by atoms with Crippen LogP contribution in [0.2, 0.25) is 0 Å². The molecule has 0 saturated heterocycles. The molecule has 0 aliphatic rings. The molecule has 1 aromatic rings. The molecular formula is C12H16ClNO2. The first-order valence-corrected chi connectivity index (χ1v) is 5.80. The number of hydrogen-bond acceptors (Lipinski definition) is 2. The maximum atomic E-state index is 10.9. The van der Waals surface area contributed by atoms with Gasteiger partial charge in [0.25, 0.3) is 5.69 Å². The second-order valence-electron chi connectivity index (χ2n) is 4.01. The van der Waals surface area contributed by atoms with Gasteiger partial charge in [-0.1, -0.05) is 18.6 Å². The molecule has 16 heavy (non-hydrogen) atoms. The summed E-state index contributed by atoms with van der Waals surface area (Å²) in [6.07, 6.45) is 0.801. The molecule has 0 saturated carbocycles. The SMILES string of the molecule is CCC(c1cc(C)ccc1[N+](=O)[O-])C(C)Cl. The molecule has 0 aliphatic heterocycles. The van der Waals surface area contributed by atoms with Crippen LogP contribution >= 0.6 is 11.6 Å². The Morgan fingerprint density at radius 2 is 2.12 bits per heavy atom. The third-order valence-electron chi connectivity index (χ3n) is 2.77. The summed E-state index contributed by atoms with van der Waals surface area (Å²) in [7, 11) is 0. The maximum Gasteiger partial charge on any atom is 0.272 e. The second-order valence-corrected chi connectivity index (χ2v) is 4.70. The highest BCUT2D eigenvalue weighted by Crippen LogP contribution is 2.34. The molecule has 2 unspecified atom stereocenters. The van der Waals surface area contributed by atoms with Gasteiger partial charge in [-0.3, -0.25) is 10.1 Å². The summed E-state index contributed by atoms with van der Waals surface area (Å²) in [6.45, 7) is 5.80. The van der Waals surface area contributed by atoms with E-state index >= 15 is 0 Å². The van der Waals surface area contributed by atoms with Crippen molar-refractivity contribution in [2.24, 2.45) is 0 Å². The molecule has 1 rings (SSSR count). The lowest BCUT2D eigenvalue weighted by Crippen LogP contribution is -2.11. The fourth-order valence-corrected chi connectivity index (χ4v) is 2.24. The Morgan fingerprint density at radius 1 is 1.50 bits per heavy atom. The van der Waals surface area contributed by atoms with Gasteiger partial charge in [0, 0.05) is 22.9 Å². The summed E-state index contributed by atoms with van der Waals surface area (Å²) in [4.78, 5) is 10.6. The highest BCUT2D eigenvalue weighted by molar-refractivity contribution is 6.20. The molecule has 0 fully saturated rings. The molecule has 88 valence electrons. The van der Waals surface area contributed by atoms with Crippen LogP contribution in [0.5, 0.6) is 0 Å². The molecule has 0 aromatic heterocycles. The first kappa shape index (κ1) is 13.0. The van der Waals surface area contributed by atoms with Gasteiger partial charge < -0.3 is 0 Å². The number of nitro groups is 1. The van der Waals surface area contributed by atoms with Crippen molar-refractivity contribution >= 4 is 17.3 Å². The van der Waals surface area contributed by atoms with E-state index in [1.54, 1.807) is 12.1 Å². The molecule has 0 aliphatic carbocycles. The number of alkyl halides is 1. The van der Waals surface area contributed by atoms with E-state index in [1.165, 1.54) is 0 Å². The third-order valence-corrected chi connectivity index (χ3v) is 3.08. The van der Waals surface area contributed by atoms with Crippen LogP contribution in [0.1, 0.15) is 37.3 Å². The number of rotatable bonds is 4. The Kier molecular flexibility index (Phi) is 4.30. The van der Waals surface area contributed by atoms with E-state index in [0.717, 1.165) is 17.5 Å². The van der Waals surface area contributed by atoms with Gasteiger partial charge in [-0.05, 0) is 26.3 Å². The van der Waals surface area contributed by atoms with Crippen molar-refractivity contribution in [2.75, 3.05) is 0 Å². The van der Waals surface area contributed by atoms with Crippen molar-refractivity contribution in [2.45, 2.75) is 38.5 Å². The average Bonchev–Trinajstić information content (AvgIpc) is 2.17. The summed E-state index contributed by atoms with van der Waals surface area (Å²) < 4.78 is 0. The van der Waals surface area contributed by atoms with Crippen LogP contribution in [-0.4, -0.2) is 10.3 Å². The van der Waals surface area contributed by atoms with E-state index in [1.807, 2.05) is 26.8 Å². The lowest BCUT2D eigenvalue weighted by Gasteiger charge is -2.18. The third kappa shape index (κ3) is 2.73. The molecule has 1 aromatic carbocycles. The highest BCUT2D eigenvalue weighted by atomic mass is 35.5. The van der Waals surface area contributed by atoms with Crippen molar-refractivity contribution in [3.05, 3.63) is 39.4 Å². The summed E-state index contributed by atoms with van der Waals surface area (Å²) >= 11 is 6.08. The minimum Gasteiger partial charge on any atom is -0.258 e. The van der Waals surface area contributed by atoms with E-state index in [0.29, 0.717) is 0 Å². The van der Waals surface area contributed by atoms with Crippen LogP contribution in [0.4, 0.5) is 5.69 Å². The Morgan fingerprint density at radius 3 is 2.56 bits per heavy atom. The van der Waals surface area contributed by atoms with Crippen LogP contribution < -0.4 is 0 Å². The van der Waals surface area contributed by atoms with Crippen LogP contribution in [-0.2, 0) is 0 Å². The molecule has 0 bridgehead atoms. The Labute approximate surface area is 101 Å². The molecular weight excluding hydrogens is 226 g/mol. The maximum absolute atomic E-state index is 10.9. The van der Waals surface area contributed by atoms with Crippen molar-refractivity contribution < 1.29 is 4.92 Å². The lowest BCUT2D eigenvalue weighted by atomic mass is 9.91. The predicted molar refractivity (Wildman–Crippen MR) is 66.2 cm³/mol. The molecule has 0 N–H and O–H groups in total.